The normalized spacial score (nSPS) is 15.4. The number of rotatable bonds is 3. The van der Waals surface area contributed by atoms with Crippen LogP contribution in [0.25, 0.3) is 0 Å². The predicted octanol–water partition coefficient (Wildman–Crippen LogP) is 1.24. The highest BCUT2D eigenvalue weighted by molar-refractivity contribution is 5.68. The molecule has 1 aliphatic heterocycles. The summed E-state index contributed by atoms with van der Waals surface area (Å²) < 4.78 is 19.1. The van der Waals surface area contributed by atoms with E-state index in [-0.39, 0.29) is 12.0 Å². The minimum atomic E-state index is -1.04. The van der Waals surface area contributed by atoms with Gasteiger partial charge in [0.25, 0.3) is 0 Å². The topological polar surface area (TPSA) is 72.6 Å². The summed E-state index contributed by atoms with van der Waals surface area (Å²) in [5.41, 5.74) is 6.37. The molecule has 5 heteroatoms. The second-order valence-corrected chi connectivity index (χ2v) is 3.75. The van der Waals surface area contributed by atoms with E-state index in [0.29, 0.717) is 24.3 Å². The van der Waals surface area contributed by atoms with E-state index in [4.69, 9.17) is 15.6 Å². The molecule has 16 heavy (non-hydrogen) atoms. The van der Waals surface area contributed by atoms with Crippen LogP contribution in [0.3, 0.4) is 0 Å². The Kier molecular flexibility index (Phi) is 2.78. The average Bonchev–Trinajstić information content (AvgIpc) is 2.65. The van der Waals surface area contributed by atoms with Gasteiger partial charge < -0.3 is 15.6 Å². The van der Waals surface area contributed by atoms with Gasteiger partial charge in [-0.25, -0.2) is 4.39 Å². The molecule has 1 atom stereocenters. The standard InChI is InChI=1S/C11H12FNO3/c12-11-6(8(13)5-10(14)15)1-2-9-7(11)3-4-16-9/h1-2,8H,3-5,13H2,(H,14,15). The van der Waals surface area contributed by atoms with Gasteiger partial charge in [-0.05, 0) is 6.07 Å². The number of hydrogen-bond acceptors (Lipinski definition) is 3. The summed E-state index contributed by atoms with van der Waals surface area (Å²) >= 11 is 0. The maximum atomic E-state index is 13.9. The summed E-state index contributed by atoms with van der Waals surface area (Å²) in [6.45, 7) is 0.462. The van der Waals surface area contributed by atoms with Gasteiger partial charge in [0.05, 0.1) is 13.0 Å². The van der Waals surface area contributed by atoms with Crippen molar-refractivity contribution in [3.05, 3.63) is 29.1 Å². The van der Waals surface area contributed by atoms with E-state index in [1.54, 1.807) is 6.07 Å². The Hall–Kier alpha value is -1.62. The highest BCUT2D eigenvalue weighted by atomic mass is 19.1. The van der Waals surface area contributed by atoms with Crippen molar-refractivity contribution >= 4 is 5.97 Å². The zero-order valence-corrected chi connectivity index (χ0v) is 8.57. The number of aliphatic carboxylic acids is 1. The van der Waals surface area contributed by atoms with Crippen molar-refractivity contribution in [1.29, 1.82) is 0 Å². The predicted molar refractivity (Wildman–Crippen MR) is 54.8 cm³/mol. The zero-order chi connectivity index (χ0) is 11.7. The molecule has 0 saturated carbocycles. The molecule has 0 amide bonds. The van der Waals surface area contributed by atoms with Crippen molar-refractivity contribution in [3.63, 3.8) is 0 Å². The van der Waals surface area contributed by atoms with Gasteiger partial charge in [-0.15, -0.1) is 0 Å². The molecule has 1 aliphatic rings. The van der Waals surface area contributed by atoms with Crippen molar-refractivity contribution in [2.24, 2.45) is 5.73 Å². The monoisotopic (exact) mass is 225 g/mol. The molecule has 0 spiro atoms. The van der Waals surface area contributed by atoms with Gasteiger partial charge >= 0.3 is 5.97 Å². The molecular weight excluding hydrogens is 213 g/mol. The summed E-state index contributed by atoms with van der Waals surface area (Å²) in [6.07, 6.45) is 0.228. The summed E-state index contributed by atoms with van der Waals surface area (Å²) in [5.74, 6) is -0.934. The summed E-state index contributed by atoms with van der Waals surface area (Å²) in [6, 6.07) is 2.32. The maximum Gasteiger partial charge on any atom is 0.305 e. The SMILES string of the molecule is NC(CC(=O)O)c1ccc2c(c1F)CCO2. The second kappa shape index (κ2) is 4.09. The van der Waals surface area contributed by atoms with E-state index in [2.05, 4.69) is 0 Å². The van der Waals surface area contributed by atoms with Gasteiger partial charge in [0.1, 0.15) is 11.6 Å². The molecule has 0 bridgehead atoms. The van der Waals surface area contributed by atoms with Crippen molar-refractivity contribution in [2.45, 2.75) is 18.9 Å². The Bertz CT molecular complexity index is 433. The highest BCUT2D eigenvalue weighted by Gasteiger charge is 2.23. The molecular formula is C11H12FNO3. The Morgan fingerprint density at radius 2 is 2.38 bits per heavy atom. The number of hydrogen-bond donors (Lipinski definition) is 2. The number of nitrogens with two attached hydrogens (primary N) is 1. The number of benzene rings is 1. The molecule has 3 N–H and O–H groups in total. The third kappa shape index (κ3) is 1.86. The summed E-state index contributed by atoms with van der Waals surface area (Å²) in [5, 5.41) is 8.60. The lowest BCUT2D eigenvalue weighted by Crippen LogP contribution is -2.16. The Morgan fingerprint density at radius 1 is 1.62 bits per heavy atom. The number of halogens is 1. The van der Waals surface area contributed by atoms with Crippen LogP contribution in [0, 0.1) is 5.82 Å². The van der Waals surface area contributed by atoms with Crippen LogP contribution in [0.1, 0.15) is 23.6 Å². The fourth-order valence-electron chi connectivity index (χ4n) is 1.84. The lowest BCUT2D eigenvalue weighted by atomic mass is 10.00. The maximum absolute atomic E-state index is 13.9. The first-order valence-corrected chi connectivity index (χ1v) is 5.01. The first-order chi connectivity index (χ1) is 7.59. The van der Waals surface area contributed by atoms with Crippen molar-refractivity contribution in [2.75, 3.05) is 6.61 Å². The Balaban J connectivity index is 2.32. The Morgan fingerprint density at radius 3 is 3.06 bits per heavy atom. The van der Waals surface area contributed by atoms with E-state index in [9.17, 15) is 9.18 Å². The fraction of sp³-hybridized carbons (Fsp3) is 0.364. The molecule has 1 aromatic rings. The van der Waals surface area contributed by atoms with Gasteiger partial charge in [-0.3, -0.25) is 4.79 Å². The molecule has 0 radical (unpaired) electrons. The number of fused-ring (bicyclic) bond motifs is 1. The third-order valence-electron chi connectivity index (χ3n) is 2.63. The first kappa shape index (κ1) is 10.9. The molecule has 86 valence electrons. The Labute approximate surface area is 91.8 Å². The van der Waals surface area contributed by atoms with Gasteiger partial charge in [0.2, 0.25) is 0 Å². The molecule has 0 aromatic heterocycles. The zero-order valence-electron chi connectivity index (χ0n) is 8.57. The molecule has 0 saturated heterocycles. The van der Waals surface area contributed by atoms with Crippen LogP contribution >= 0.6 is 0 Å². The van der Waals surface area contributed by atoms with E-state index in [1.807, 2.05) is 0 Å². The first-order valence-electron chi connectivity index (χ1n) is 5.01. The fourth-order valence-corrected chi connectivity index (χ4v) is 1.84. The number of carboxylic acids is 1. The lowest BCUT2D eigenvalue weighted by molar-refractivity contribution is -0.137. The quantitative estimate of drug-likeness (QED) is 0.811. The molecule has 1 unspecified atom stereocenters. The van der Waals surface area contributed by atoms with Crippen molar-refractivity contribution in [1.82, 2.24) is 0 Å². The largest absolute Gasteiger partial charge is 0.493 e. The van der Waals surface area contributed by atoms with E-state index >= 15 is 0 Å². The van der Waals surface area contributed by atoms with Crippen LogP contribution in [0.5, 0.6) is 5.75 Å². The smallest absolute Gasteiger partial charge is 0.305 e. The second-order valence-electron chi connectivity index (χ2n) is 3.75. The van der Waals surface area contributed by atoms with E-state index in [0.717, 1.165) is 0 Å². The van der Waals surface area contributed by atoms with Gasteiger partial charge in [-0.2, -0.15) is 0 Å². The molecule has 1 heterocycles. The van der Waals surface area contributed by atoms with Crippen LogP contribution in [0.2, 0.25) is 0 Å². The van der Waals surface area contributed by atoms with Crippen LogP contribution in [-0.4, -0.2) is 17.7 Å². The molecule has 0 fully saturated rings. The van der Waals surface area contributed by atoms with Crippen molar-refractivity contribution < 1.29 is 19.0 Å². The minimum Gasteiger partial charge on any atom is -0.493 e. The van der Waals surface area contributed by atoms with E-state index < -0.39 is 17.8 Å². The molecule has 2 rings (SSSR count). The molecule has 0 aliphatic carbocycles. The van der Waals surface area contributed by atoms with Crippen LogP contribution in [0.4, 0.5) is 4.39 Å². The number of carbonyl (C=O) groups is 1. The van der Waals surface area contributed by atoms with Crippen molar-refractivity contribution in [3.8, 4) is 5.75 Å². The summed E-state index contributed by atoms with van der Waals surface area (Å²) in [7, 11) is 0. The number of carboxylic acid groups (broad SMARTS) is 1. The van der Waals surface area contributed by atoms with Gasteiger partial charge in [0.15, 0.2) is 0 Å². The molecule has 4 nitrogen and oxygen atoms in total. The summed E-state index contributed by atoms with van der Waals surface area (Å²) in [4.78, 5) is 10.5. The highest BCUT2D eigenvalue weighted by Crippen LogP contribution is 2.32. The van der Waals surface area contributed by atoms with Crippen LogP contribution in [-0.2, 0) is 11.2 Å². The third-order valence-corrected chi connectivity index (χ3v) is 2.63. The molecule has 1 aromatic carbocycles. The minimum absolute atomic E-state index is 0.242. The van der Waals surface area contributed by atoms with Crippen LogP contribution in [0.15, 0.2) is 12.1 Å². The lowest BCUT2D eigenvalue weighted by Gasteiger charge is -2.12. The average molecular weight is 225 g/mol. The van der Waals surface area contributed by atoms with Crippen LogP contribution < -0.4 is 10.5 Å². The van der Waals surface area contributed by atoms with Gasteiger partial charge in [0, 0.05) is 23.6 Å². The van der Waals surface area contributed by atoms with E-state index in [1.165, 1.54) is 6.07 Å². The number of ether oxygens (including phenoxy) is 1. The van der Waals surface area contributed by atoms with Gasteiger partial charge in [-0.1, -0.05) is 6.07 Å².